The van der Waals surface area contributed by atoms with Gasteiger partial charge in [-0.05, 0) is 27.7 Å². The Kier molecular flexibility index (Phi) is 4.04. The van der Waals surface area contributed by atoms with Gasteiger partial charge in [0, 0.05) is 25.2 Å². The number of nitrogens with zero attached hydrogens (tertiary/aromatic N) is 3. The van der Waals surface area contributed by atoms with E-state index in [0.717, 1.165) is 12.2 Å². The van der Waals surface area contributed by atoms with Gasteiger partial charge in [0.2, 0.25) is 0 Å². The van der Waals surface area contributed by atoms with Crippen molar-refractivity contribution in [2.75, 3.05) is 13.1 Å². The van der Waals surface area contributed by atoms with Crippen LogP contribution >= 0.6 is 0 Å². The van der Waals surface area contributed by atoms with Gasteiger partial charge in [0.1, 0.15) is 5.60 Å². The van der Waals surface area contributed by atoms with Gasteiger partial charge in [-0.2, -0.15) is 0 Å². The normalized spacial score (nSPS) is 23.1. The lowest BCUT2D eigenvalue weighted by Gasteiger charge is -2.24. The van der Waals surface area contributed by atoms with Crippen molar-refractivity contribution in [3.63, 3.8) is 0 Å². The minimum atomic E-state index is -0.595. The first kappa shape index (κ1) is 14.8. The molecule has 0 bridgehead atoms. The molecule has 2 heterocycles. The van der Waals surface area contributed by atoms with Gasteiger partial charge in [0.05, 0.1) is 24.7 Å². The number of amides is 1. The van der Waals surface area contributed by atoms with Crippen molar-refractivity contribution in [3.8, 4) is 0 Å². The Morgan fingerprint density at radius 1 is 1.50 bits per heavy atom. The van der Waals surface area contributed by atoms with Gasteiger partial charge in [0.25, 0.3) is 0 Å². The van der Waals surface area contributed by atoms with Crippen molar-refractivity contribution in [1.29, 1.82) is 0 Å². The van der Waals surface area contributed by atoms with Crippen molar-refractivity contribution in [2.24, 2.45) is 0 Å². The van der Waals surface area contributed by atoms with Gasteiger partial charge in [-0.3, -0.25) is 0 Å². The lowest BCUT2D eigenvalue weighted by Crippen LogP contribution is -2.35. The second-order valence-corrected chi connectivity index (χ2v) is 6.19. The predicted octanol–water partition coefficient (Wildman–Crippen LogP) is 1.60. The number of hydrogen-bond donors (Lipinski definition) is 1. The minimum Gasteiger partial charge on any atom is -0.444 e. The summed E-state index contributed by atoms with van der Waals surface area (Å²) in [6, 6.07) is 0. The van der Waals surface area contributed by atoms with Crippen LogP contribution in [0.5, 0.6) is 0 Å². The first-order chi connectivity index (χ1) is 9.30. The number of aliphatic hydroxyl groups excluding tert-OH is 1. The molecule has 112 valence electrons. The second-order valence-electron chi connectivity index (χ2n) is 6.19. The van der Waals surface area contributed by atoms with Crippen molar-refractivity contribution >= 4 is 6.09 Å². The number of β-amino-alcohol motifs (C(OH)–C–C–N with tert-alkyl or cyclic N) is 1. The fraction of sp³-hybridized carbons (Fsp3) is 0.714. The SMILES string of the molecule is CCn1cnc([C@@H]2CN(C(=O)OC(C)(C)C)C[C@H]2O)c1. The van der Waals surface area contributed by atoms with Crippen molar-refractivity contribution in [2.45, 2.75) is 51.9 Å². The predicted molar refractivity (Wildman–Crippen MR) is 74.5 cm³/mol. The van der Waals surface area contributed by atoms with Crippen LogP contribution in [0.15, 0.2) is 12.5 Å². The number of ether oxygens (including phenoxy) is 1. The summed E-state index contributed by atoms with van der Waals surface area (Å²) in [5.74, 6) is -0.143. The molecule has 0 aromatic carbocycles. The molecule has 1 saturated heterocycles. The zero-order chi connectivity index (χ0) is 14.9. The first-order valence-corrected chi connectivity index (χ1v) is 6.98. The Morgan fingerprint density at radius 2 is 2.20 bits per heavy atom. The molecule has 6 nitrogen and oxygen atoms in total. The molecule has 1 aliphatic heterocycles. The Morgan fingerprint density at radius 3 is 2.75 bits per heavy atom. The molecule has 1 aliphatic rings. The third-order valence-electron chi connectivity index (χ3n) is 3.34. The summed E-state index contributed by atoms with van der Waals surface area (Å²) >= 11 is 0. The Hall–Kier alpha value is -1.56. The maximum Gasteiger partial charge on any atom is 0.410 e. The highest BCUT2D eigenvalue weighted by atomic mass is 16.6. The quantitative estimate of drug-likeness (QED) is 0.894. The number of carbonyl (C=O) groups excluding carboxylic acids is 1. The highest BCUT2D eigenvalue weighted by Crippen LogP contribution is 2.27. The van der Waals surface area contributed by atoms with Crippen LogP contribution in [0.4, 0.5) is 4.79 Å². The third kappa shape index (κ3) is 3.30. The van der Waals surface area contributed by atoms with Crippen LogP contribution in [0.1, 0.15) is 39.3 Å². The summed E-state index contributed by atoms with van der Waals surface area (Å²) in [6.07, 6.45) is 2.70. The van der Waals surface area contributed by atoms with Crippen molar-refractivity contribution in [3.05, 3.63) is 18.2 Å². The van der Waals surface area contributed by atoms with Crippen LogP contribution in [-0.2, 0) is 11.3 Å². The largest absolute Gasteiger partial charge is 0.444 e. The molecule has 6 heteroatoms. The van der Waals surface area contributed by atoms with E-state index in [1.807, 2.05) is 38.5 Å². The van der Waals surface area contributed by atoms with Crippen LogP contribution < -0.4 is 0 Å². The van der Waals surface area contributed by atoms with Gasteiger partial charge < -0.3 is 19.3 Å². The summed E-state index contributed by atoms with van der Waals surface area (Å²) in [6.45, 7) is 9.10. The average Bonchev–Trinajstić information content (AvgIpc) is 2.92. The molecule has 2 atom stereocenters. The van der Waals surface area contributed by atoms with E-state index in [9.17, 15) is 9.90 Å². The summed E-state index contributed by atoms with van der Waals surface area (Å²) in [4.78, 5) is 17.9. The average molecular weight is 281 g/mol. The molecular weight excluding hydrogens is 258 g/mol. The molecule has 1 aromatic rings. The standard InChI is InChI=1S/C14H23N3O3/c1-5-16-7-11(15-9-16)10-6-17(8-12(10)18)13(19)20-14(2,3)4/h7,9-10,12,18H,5-6,8H2,1-4H3/t10-,12+/m0/s1. The second kappa shape index (κ2) is 5.44. The topological polar surface area (TPSA) is 67.6 Å². The third-order valence-corrected chi connectivity index (χ3v) is 3.34. The van der Waals surface area contributed by atoms with Crippen molar-refractivity contribution in [1.82, 2.24) is 14.5 Å². The lowest BCUT2D eigenvalue weighted by molar-refractivity contribution is 0.0270. The van der Waals surface area contributed by atoms with Crippen LogP contribution in [0.2, 0.25) is 0 Å². The molecule has 0 unspecified atom stereocenters. The van der Waals surface area contributed by atoms with Crippen LogP contribution in [-0.4, -0.2) is 50.4 Å². The van der Waals surface area contributed by atoms with Crippen LogP contribution in [0, 0.1) is 0 Å². The maximum absolute atomic E-state index is 12.0. The molecule has 1 amide bonds. The molecule has 1 N–H and O–H groups in total. The lowest BCUT2D eigenvalue weighted by atomic mass is 10.0. The van der Waals surface area contributed by atoms with E-state index in [2.05, 4.69) is 4.98 Å². The smallest absolute Gasteiger partial charge is 0.410 e. The Bertz CT molecular complexity index is 478. The molecule has 20 heavy (non-hydrogen) atoms. The monoisotopic (exact) mass is 281 g/mol. The van der Waals surface area contributed by atoms with Crippen LogP contribution in [0.3, 0.4) is 0 Å². The molecule has 0 radical (unpaired) electrons. The van der Waals surface area contributed by atoms with Gasteiger partial charge >= 0.3 is 6.09 Å². The molecule has 2 rings (SSSR count). The summed E-state index contributed by atoms with van der Waals surface area (Å²) in [7, 11) is 0. The Labute approximate surface area is 119 Å². The number of aliphatic hydroxyl groups is 1. The molecule has 0 spiro atoms. The molecular formula is C14H23N3O3. The zero-order valence-corrected chi connectivity index (χ0v) is 12.5. The highest BCUT2D eigenvalue weighted by molar-refractivity contribution is 5.68. The number of rotatable bonds is 2. The fourth-order valence-corrected chi connectivity index (χ4v) is 2.29. The van der Waals surface area contributed by atoms with E-state index in [4.69, 9.17) is 4.74 Å². The number of aryl methyl sites for hydroxylation is 1. The van der Waals surface area contributed by atoms with E-state index in [0.29, 0.717) is 13.1 Å². The first-order valence-electron chi connectivity index (χ1n) is 6.98. The summed E-state index contributed by atoms with van der Waals surface area (Å²) < 4.78 is 7.29. The number of hydrogen-bond acceptors (Lipinski definition) is 4. The zero-order valence-electron chi connectivity index (χ0n) is 12.5. The number of imidazole rings is 1. The number of likely N-dealkylation sites (tertiary alicyclic amines) is 1. The highest BCUT2D eigenvalue weighted by Gasteiger charge is 2.38. The van der Waals surface area contributed by atoms with Gasteiger partial charge in [-0.1, -0.05) is 0 Å². The van der Waals surface area contributed by atoms with Crippen molar-refractivity contribution < 1.29 is 14.6 Å². The molecule has 1 aromatic heterocycles. The van der Waals surface area contributed by atoms with Gasteiger partial charge in [-0.25, -0.2) is 9.78 Å². The van der Waals surface area contributed by atoms with Crippen LogP contribution in [0.25, 0.3) is 0 Å². The summed E-state index contributed by atoms with van der Waals surface area (Å²) in [5.41, 5.74) is 0.301. The van der Waals surface area contributed by atoms with E-state index >= 15 is 0 Å². The van der Waals surface area contributed by atoms with Gasteiger partial charge in [-0.15, -0.1) is 0 Å². The molecule has 0 saturated carbocycles. The Balaban J connectivity index is 2.03. The molecule has 0 aliphatic carbocycles. The van der Waals surface area contributed by atoms with Gasteiger partial charge in [0.15, 0.2) is 0 Å². The van der Waals surface area contributed by atoms with E-state index in [-0.39, 0.29) is 12.0 Å². The minimum absolute atomic E-state index is 0.143. The maximum atomic E-state index is 12.0. The number of carbonyl (C=O) groups is 1. The van der Waals surface area contributed by atoms with E-state index in [1.165, 1.54) is 0 Å². The number of aromatic nitrogens is 2. The molecule has 1 fully saturated rings. The summed E-state index contributed by atoms with van der Waals surface area (Å²) in [5, 5.41) is 10.1. The fourth-order valence-electron chi connectivity index (χ4n) is 2.29. The van der Waals surface area contributed by atoms with E-state index < -0.39 is 11.7 Å². The van der Waals surface area contributed by atoms with E-state index in [1.54, 1.807) is 11.2 Å².